The van der Waals surface area contributed by atoms with E-state index < -0.39 is 11.6 Å². The van der Waals surface area contributed by atoms with Gasteiger partial charge in [-0.1, -0.05) is 35.5 Å². The van der Waals surface area contributed by atoms with Gasteiger partial charge in [-0.3, -0.25) is 19.2 Å². The summed E-state index contributed by atoms with van der Waals surface area (Å²) in [5.41, 5.74) is 1.13. The van der Waals surface area contributed by atoms with Crippen LogP contribution in [-0.4, -0.2) is 69.6 Å². The Morgan fingerprint density at radius 2 is 2.00 bits per heavy atom. The highest BCUT2D eigenvalue weighted by atomic mass is 16.5. The normalized spacial score (nSPS) is 22.4. The summed E-state index contributed by atoms with van der Waals surface area (Å²) in [6, 6.07) is 10.3. The molecule has 2 amide bonds. The molecule has 0 spiro atoms. The molecule has 3 aliphatic rings. The largest absolute Gasteiger partial charge is 0.366 e. The molecule has 1 aliphatic heterocycles. The van der Waals surface area contributed by atoms with Crippen molar-refractivity contribution in [2.75, 3.05) is 26.2 Å². The van der Waals surface area contributed by atoms with Gasteiger partial charge in [-0.2, -0.15) is 0 Å². The molecule has 9 heteroatoms. The number of morpholine rings is 1. The van der Waals surface area contributed by atoms with Crippen molar-refractivity contribution in [3.8, 4) is 0 Å². The molecule has 0 radical (unpaired) electrons. The van der Waals surface area contributed by atoms with Crippen LogP contribution in [-0.2, 0) is 22.6 Å². The fourth-order valence-corrected chi connectivity index (χ4v) is 4.53. The zero-order valence-electron chi connectivity index (χ0n) is 18.9. The van der Waals surface area contributed by atoms with Crippen LogP contribution in [0.4, 0.5) is 0 Å². The number of ether oxygens (including phenoxy) is 1. The zero-order chi connectivity index (χ0) is 22.7. The van der Waals surface area contributed by atoms with Crippen LogP contribution < -0.4 is 10.6 Å². The number of rotatable bonds is 9. The summed E-state index contributed by atoms with van der Waals surface area (Å²) in [6.45, 7) is 3.92. The van der Waals surface area contributed by atoms with E-state index in [1.165, 1.54) is 18.4 Å². The average Bonchev–Trinajstić information content (AvgIpc) is 3.50. The maximum absolute atomic E-state index is 12.8. The van der Waals surface area contributed by atoms with Crippen LogP contribution in [0.15, 0.2) is 36.5 Å². The number of hydrogen-bond acceptors (Lipinski definition) is 6. The molecule has 1 aromatic heterocycles. The lowest BCUT2D eigenvalue weighted by atomic mass is 9.76. The summed E-state index contributed by atoms with van der Waals surface area (Å²) >= 11 is 0. The van der Waals surface area contributed by atoms with E-state index in [2.05, 4.69) is 38.0 Å². The van der Waals surface area contributed by atoms with Crippen LogP contribution in [0.5, 0.6) is 0 Å². The lowest BCUT2D eigenvalue weighted by Crippen LogP contribution is -2.61. The number of hydrogen-bond donors (Lipinski definition) is 2. The first-order valence-electron chi connectivity index (χ1n) is 12.0. The quantitative estimate of drug-likeness (QED) is 0.596. The Labute approximate surface area is 193 Å². The van der Waals surface area contributed by atoms with Gasteiger partial charge in [-0.05, 0) is 43.6 Å². The molecule has 1 aromatic carbocycles. The number of carbonyl (C=O) groups is 2. The molecular formula is C24H32N6O3. The summed E-state index contributed by atoms with van der Waals surface area (Å²) < 4.78 is 7.51. The monoisotopic (exact) mass is 452 g/mol. The number of carbonyl (C=O) groups excluding carboxylic acids is 2. The van der Waals surface area contributed by atoms with Crippen molar-refractivity contribution in [1.82, 2.24) is 30.5 Å². The van der Waals surface area contributed by atoms with Crippen LogP contribution in [0.3, 0.4) is 0 Å². The predicted molar refractivity (Wildman–Crippen MR) is 121 cm³/mol. The Hall–Kier alpha value is -2.78. The molecular weight excluding hydrogens is 420 g/mol. The number of benzene rings is 1. The van der Waals surface area contributed by atoms with Crippen LogP contribution in [0.2, 0.25) is 0 Å². The third kappa shape index (κ3) is 5.59. The van der Waals surface area contributed by atoms with Crippen molar-refractivity contribution in [1.29, 1.82) is 0 Å². The van der Waals surface area contributed by atoms with E-state index in [1.54, 1.807) is 10.9 Å². The average molecular weight is 453 g/mol. The summed E-state index contributed by atoms with van der Waals surface area (Å²) in [7, 11) is 0. The van der Waals surface area contributed by atoms with Crippen LogP contribution in [0.25, 0.3) is 0 Å². The van der Waals surface area contributed by atoms with Gasteiger partial charge in [0, 0.05) is 32.7 Å². The van der Waals surface area contributed by atoms with Crippen molar-refractivity contribution >= 4 is 11.8 Å². The predicted octanol–water partition coefficient (Wildman–Crippen LogP) is 1.36. The summed E-state index contributed by atoms with van der Waals surface area (Å²) in [5.74, 6) is 0.319. The van der Waals surface area contributed by atoms with E-state index >= 15 is 0 Å². The van der Waals surface area contributed by atoms with Gasteiger partial charge in [-0.15, -0.1) is 5.10 Å². The molecule has 5 rings (SSSR count). The minimum absolute atomic E-state index is 0.122. The van der Waals surface area contributed by atoms with Crippen LogP contribution in [0.1, 0.15) is 48.2 Å². The van der Waals surface area contributed by atoms with Gasteiger partial charge in [0.05, 0.1) is 18.3 Å². The Bertz CT molecular complexity index is 970. The number of nitrogens with one attached hydrogen (secondary N) is 2. The fourth-order valence-electron chi connectivity index (χ4n) is 4.53. The van der Waals surface area contributed by atoms with Gasteiger partial charge < -0.3 is 15.4 Å². The number of nitrogens with zero attached hydrogens (tertiary/aromatic N) is 4. The van der Waals surface area contributed by atoms with Gasteiger partial charge in [-0.25, -0.2) is 0 Å². The summed E-state index contributed by atoms with van der Waals surface area (Å²) in [6.07, 6.45) is 6.35. The maximum Gasteiger partial charge on any atom is 0.273 e. The molecule has 1 atom stereocenters. The summed E-state index contributed by atoms with van der Waals surface area (Å²) in [5, 5.41) is 14.3. The Balaban J connectivity index is 1.12. The highest BCUT2D eigenvalue weighted by molar-refractivity contribution is 5.92. The third-order valence-corrected chi connectivity index (χ3v) is 6.90. The molecule has 9 nitrogen and oxygen atoms in total. The molecule has 1 saturated heterocycles. The molecule has 0 bridgehead atoms. The second-order valence-electron chi connectivity index (χ2n) is 9.66. The third-order valence-electron chi connectivity index (χ3n) is 6.90. The molecule has 2 heterocycles. The SMILES string of the molecule is O=C(NC1(CNC(=O)C2CN(Cc3ccccc3)CCO2)CCC1)c1cn(CC2CC2)nn1. The highest BCUT2D eigenvalue weighted by Crippen LogP contribution is 2.32. The molecule has 1 unspecified atom stereocenters. The van der Waals surface area contributed by atoms with Crippen molar-refractivity contribution < 1.29 is 14.3 Å². The van der Waals surface area contributed by atoms with Crippen LogP contribution >= 0.6 is 0 Å². The fraction of sp³-hybridized carbons (Fsp3) is 0.583. The summed E-state index contributed by atoms with van der Waals surface area (Å²) in [4.78, 5) is 27.9. The lowest BCUT2D eigenvalue weighted by molar-refractivity contribution is -0.139. The van der Waals surface area contributed by atoms with E-state index in [-0.39, 0.29) is 11.8 Å². The second kappa shape index (κ2) is 9.61. The van der Waals surface area contributed by atoms with E-state index in [0.717, 1.165) is 38.9 Å². The van der Waals surface area contributed by atoms with Gasteiger partial charge in [0.1, 0.15) is 6.10 Å². The lowest BCUT2D eigenvalue weighted by Gasteiger charge is -2.43. The first kappa shape index (κ1) is 22.0. The molecule has 3 fully saturated rings. The van der Waals surface area contributed by atoms with Gasteiger partial charge in [0.15, 0.2) is 5.69 Å². The number of aromatic nitrogens is 3. The molecule has 33 heavy (non-hydrogen) atoms. The smallest absolute Gasteiger partial charge is 0.273 e. The van der Waals surface area contributed by atoms with E-state index in [9.17, 15) is 9.59 Å². The molecule has 2 aliphatic carbocycles. The minimum Gasteiger partial charge on any atom is -0.366 e. The van der Waals surface area contributed by atoms with Crippen molar-refractivity contribution in [2.24, 2.45) is 5.92 Å². The van der Waals surface area contributed by atoms with Crippen molar-refractivity contribution in [3.05, 3.63) is 47.8 Å². The van der Waals surface area contributed by atoms with Crippen molar-refractivity contribution in [2.45, 2.75) is 56.8 Å². The number of amides is 2. The van der Waals surface area contributed by atoms with Gasteiger partial charge >= 0.3 is 0 Å². The van der Waals surface area contributed by atoms with E-state index in [1.807, 2.05) is 18.2 Å². The van der Waals surface area contributed by atoms with Gasteiger partial charge in [0.25, 0.3) is 11.8 Å². The topological polar surface area (TPSA) is 101 Å². The van der Waals surface area contributed by atoms with Crippen LogP contribution in [0, 0.1) is 5.92 Å². The van der Waals surface area contributed by atoms with Crippen molar-refractivity contribution in [3.63, 3.8) is 0 Å². The zero-order valence-corrected chi connectivity index (χ0v) is 18.9. The molecule has 2 aromatic rings. The van der Waals surface area contributed by atoms with Gasteiger partial charge in [0.2, 0.25) is 0 Å². The Kier molecular flexibility index (Phi) is 6.41. The second-order valence-corrected chi connectivity index (χ2v) is 9.66. The first-order valence-corrected chi connectivity index (χ1v) is 12.0. The standard InChI is InChI=1S/C24H32N6O3/c31-22(20-15-30(28-27-20)14-19-7-8-19)26-24(9-4-10-24)17-25-23(32)21-16-29(11-12-33-21)13-18-5-2-1-3-6-18/h1-3,5-6,15,19,21H,4,7-14,16-17H2,(H,25,32)(H,26,31). The maximum atomic E-state index is 12.8. The van der Waals surface area contributed by atoms with E-state index in [4.69, 9.17) is 4.74 Å². The van der Waals surface area contributed by atoms with E-state index in [0.29, 0.717) is 31.3 Å². The molecule has 2 N–H and O–H groups in total. The first-order chi connectivity index (χ1) is 16.1. The Morgan fingerprint density at radius 3 is 2.73 bits per heavy atom. The highest BCUT2D eigenvalue weighted by Gasteiger charge is 2.40. The Morgan fingerprint density at radius 1 is 1.18 bits per heavy atom. The molecule has 2 saturated carbocycles. The molecule has 176 valence electrons. The minimum atomic E-state index is -0.502.